The maximum Gasteiger partial charge on any atom is 0.301 e. The minimum absolute atomic E-state index is 0.0607. The van der Waals surface area contributed by atoms with Crippen LogP contribution in [0.15, 0.2) is 95.0 Å². The Kier molecular flexibility index (Phi) is 7.34. The predicted octanol–water partition coefficient (Wildman–Crippen LogP) is 6.88. The number of anilines is 1. The SMILES string of the molecule is COc1ccc(C2/C(=C(\O)c3nc4c(C)cccn4c3C)C(=O)C(=O)N2c2nnc(SCc3cccc4ccccc34)s2)cc1. The zero-order valence-corrected chi connectivity index (χ0v) is 26.2. The number of Topliss-reactive ketones (excluding diaryl/α,β-unsaturated/α-hetero) is 1. The molecular formula is C34H27N5O4S2. The Hall–Kier alpha value is -5.00. The van der Waals surface area contributed by atoms with E-state index in [1.54, 1.807) is 31.4 Å². The summed E-state index contributed by atoms with van der Waals surface area (Å²) < 4.78 is 7.85. The highest BCUT2D eigenvalue weighted by atomic mass is 32.2. The highest BCUT2D eigenvalue weighted by Gasteiger charge is 2.49. The van der Waals surface area contributed by atoms with E-state index in [1.807, 2.05) is 54.8 Å². The van der Waals surface area contributed by atoms with Crippen molar-refractivity contribution in [2.24, 2.45) is 0 Å². The summed E-state index contributed by atoms with van der Waals surface area (Å²) in [5, 5.41) is 23.0. The first kappa shape index (κ1) is 28.8. The molecule has 4 heterocycles. The summed E-state index contributed by atoms with van der Waals surface area (Å²) in [7, 11) is 1.56. The summed E-state index contributed by atoms with van der Waals surface area (Å²) in [6.07, 6.45) is 1.85. The van der Waals surface area contributed by atoms with Gasteiger partial charge in [0.05, 0.1) is 24.4 Å². The third-order valence-corrected chi connectivity index (χ3v) is 10.1. The topological polar surface area (TPSA) is 110 Å². The lowest BCUT2D eigenvalue weighted by Crippen LogP contribution is -2.29. The van der Waals surface area contributed by atoms with E-state index >= 15 is 0 Å². The van der Waals surface area contributed by atoms with Gasteiger partial charge in [-0.25, -0.2) is 4.98 Å². The molecule has 1 aliphatic heterocycles. The molecule has 0 bridgehead atoms. The molecule has 3 aromatic carbocycles. The molecule has 0 aliphatic carbocycles. The lowest BCUT2D eigenvalue weighted by atomic mass is 9.96. The number of aliphatic hydroxyl groups is 1. The third kappa shape index (κ3) is 4.94. The summed E-state index contributed by atoms with van der Waals surface area (Å²) in [4.78, 5) is 33.4. The summed E-state index contributed by atoms with van der Waals surface area (Å²) in [6, 6.07) is 24.3. The molecule has 224 valence electrons. The number of aliphatic hydroxyl groups excluding tert-OH is 1. The minimum atomic E-state index is -0.954. The number of hydrogen-bond donors (Lipinski definition) is 1. The average Bonchev–Trinajstić information content (AvgIpc) is 3.74. The van der Waals surface area contributed by atoms with Gasteiger partial charge >= 0.3 is 5.91 Å². The minimum Gasteiger partial charge on any atom is -0.505 e. The maximum absolute atomic E-state index is 13.7. The van der Waals surface area contributed by atoms with Crippen LogP contribution in [0.4, 0.5) is 5.13 Å². The lowest BCUT2D eigenvalue weighted by molar-refractivity contribution is -0.132. The van der Waals surface area contributed by atoms with Gasteiger partial charge in [0.1, 0.15) is 17.1 Å². The van der Waals surface area contributed by atoms with Crippen molar-refractivity contribution in [3.05, 3.63) is 119 Å². The number of nitrogens with zero attached hydrogens (tertiary/aromatic N) is 5. The number of fused-ring (bicyclic) bond motifs is 2. The number of imidazole rings is 1. The second-order valence-electron chi connectivity index (χ2n) is 10.7. The Morgan fingerprint density at radius 3 is 2.53 bits per heavy atom. The predicted molar refractivity (Wildman–Crippen MR) is 176 cm³/mol. The molecular weight excluding hydrogens is 607 g/mol. The molecule has 7 rings (SSSR count). The van der Waals surface area contributed by atoms with Crippen molar-refractivity contribution in [1.82, 2.24) is 19.6 Å². The molecule has 6 aromatic rings. The fourth-order valence-electron chi connectivity index (χ4n) is 5.72. The van der Waals surface area contributed by atoms with Crippen LogP contribution in [0, 0.1) is 13.8 Å². The van der Waals surface area contributed by atoms with E-state index in [4.69, 9.17) is 4.74 Å². The second kappa shape index (κ2) is 11.5. The second-order valence-corrected chi connectivity index (χ2v) is 12.8. The number of carbonyl (C=O) groups excluding carboxylic acids is 2. The van der Waals surface area contributed by atoms with Crippen LogP contribution in [0.5, 0.6) is 5.75 Å². The van der Waals surface area contributed by atoms with E-state index in [1.165, 1.54) is 33.4 Å². The number of carbonyl (C=O) groups is 2. The van der Waals surface area contributed by atoms with E-state index in [9.17, 15) is 14.7 Å². The van der Waals surface area contributed by atoms with Crippen LogP contribution < -0.4 is 9.64 Å². The standard InChI is InChI=1S/C34H27N5O4S2/c1-19-8-7-17-38-20(2)27(35-31(19)38)29(40)26-28(22-13-15-24(43-3)16-14-22)39(32(42)30(26)41)33-36-37-34(45-33)44-18-23-11-6-10-21-9-4-5-12-25(21)23/h4-17,28,40H,18H2,1-3H3/b29-26+. The first-order chi connectivity index (χ1) is 21.9. The van der Waals surface area contributed by atoms with Gasteiger partial charge in [-0.15, -0.1) is 10.2 Å². The van der Waals surface area contributed by atoms with Crippen LogP contribution in [0.3, 0.4) is 0 Å². The molecule has 3 aromatic heterocycles. The number of amides is 1. The smallest absolute Gasteiger partial charge is 0.301 e. The molecule has 9 nitrogen and oxygen atoms in total. The van der Waals surface area contributed by atoms with Crippen molar-refractivity contribution >= 4 is 62.1 Å². The monoisotopic (exact) mass is 633 g/mol. The lowest BCUT2D eigenvalue weighted by Gasteiger charge is -2.22. The Bertz CT molecular complexity index is 2150. The van der Waals surface area contributed by atoms with E-state index in [0.29, 0.717) is 32.7 Å². The Labute approximate surface area is 266 Å². The maximum atomic E-state index is 13.7. The Balaban J connectivity index is 1.29. The van der Waals surface area contributed by atoms with Crippen molar-refractivity contribution in [3.63, 3.8) is 0 Å². The number of pyridine rings is 1. The highest BCUT2D eigenvalue weighted by Crippen LogP contribution is 2.44. The van der Waals surface area contributed by atoms with Crippen LogP contribution in [-0.4, -0.2) is 43.5 Å². The molecule has 1 saturated heterocycles. The molecule has 1 atom stereocenters. The summed E-state index contributed by atoms with van der Waals surface area (Å²) >= 11 is 2.74. The Morgan fingerprint density at radius 1 is 0.978 bits per heavy atom. The van der Waals surface area contributed by atoms with Gasteiger partial charge in [-0.1, -0.05) is 83.8 Å². The molecule has 0 radical (unpaired) electrons. The van der Waals surface area contributed by atoms with Gasteiger partial charge in [0, 0.05) is 11.9 Å². The fourth-order valence-corrected chi connectivity index (χ4v) is 7.59. The fraction of sp³-hybridized carbons (Fsp3) is 0.147. The highest BCUT2D eigenvalue weighted by molar-refractivity contribution is 8.00. The van der Waals surface area contributed by atoms with Gasteiger partial charge in [-0.05, 0) is 59.5 Å². The molecule has 1 fully saturated rings. The number of benzene rings is 3. The largest absolute Gasteiger partial charge is 0.505 e. The number of aryl methyl sites for hydroxylation is 2. The number of thioether (sulfide) groups is 1. The average molecular weight is 634 g/mol. The van der Waals surface area contributed by atoms with Crippen LogP contribution in [0.1, 0.15) is 34.1 Å². The molecule has 1 aliphatic rings. The van der Waals surface area contributed by atoms with E-state index in [2.05, 4.69) is 39.4 Å². The van der Waals surface area contributed by atoms with Gasteiger partial charge in [0.25, 0.3) is 5.78 Å². The van der Waals surface area contributed by atoms with Crippen molar-refractivity contribution < 1.29 is 19.4 Å². The molecule has 0 saturated carbocycles. The third-order valence-electron chi connectivity index (χ3n) is 8.02. The molecule has 1 amide bonds. The summed E-state index contributed by atoms with van der Waals surface area (Å²) in [6.45, 7) is 3.74. The number of aromatic nitrogens is 4. The normalized spacial score (nSPS) is 16.2. The van der Waals surface area contributed by atoms with Crippen molar-refractivity contribution in [1.29, 1.82) is 0 Å². The van der Waals surface area contributed by atoms with Crippen molar-refractivity contribution in [2.75, 3.05) is 12.0 Å². The number of hydrogen-bond acceptors (Lipinski definition) is 9. The zero-order valence-electron chi connectivity index (χ0n) is 24.6. The van der Waals surface area contributed by atoms with Crippen LogP contribution in [-0.2, 0) is 15.3 Å². The van der Waals surface area contributed by atoms with Gasteiger partial charge in [0.2, 0.25) is 5.13 Å². The summed E-state index contributed by atoms with van der Waals surface area (Å²) in [5.41, 5.74) is 4.16. The van der Waals surface area contributed by atoms with Gasteiger partial charge in [0.15, 0.2) is 10.1 Å². The molecule has 1 N–H and O–H groups in total. The number of methoxy groups -OCH3 is 1. The number of ether oxygens (including phenoxy) is 1. The van der Waals surface area contributed by atoms with Gasteiger partial charge in [-0.2, -0.15) is 0 Å². The van der Waals surface area contributed by atoms with Gasteiger partial charge < -0.3 is 14.2 Å². The molecule has 45 heavy (non-hydrogen) atoms. The molecule has 1 unspecified atom stereocenters. The number of rotatable bonds is 7. The van der Waals surface area contributed by atoms with Crippen molar-refractivity contribution in [2.45, 2.75) is 30.0 Å². The van der Waals surface area contributed by atoms with E-state index < -0.39 is 17.7 Å². The van der Waals surface area contributed by atoms with E-state index in [0.717, 1.165) is 16.5 Å². The van der Waals surface area contributed by atoms with Crippen molar-refractivity contribution in [3.8, 4) is 5.75 Å². The van der Waals surface area contributed by atoms with Crippen LogP contribution in [0.25, 0.3) is 22.2 Å². The van der Waals surface area contributed by atoms with Crippen LogP contribution >= 0.6 is 23.1 Å². The van der Waals surface area contributed by atoms with Crippen LogP contribution in [0.2, 0.25) is 0 Å². The molecule has 11 heteroatoms. The van der Waals surface area contributed by atoms with E-state index in [-0.39, 0.29) is 22.2 Å². The number of ketones is 1. The zero-order chi connectivity index (χ0) is 31.2. The molecule has 0 spiro atoms. The quantitative estimate of drug-likeness (QED) is 0.0666. The Morgan fingerprint density at radius 2 is 1.76 bits per heavy atom. The van der Waals surface area contributed by atoms with Gasteiger partial charge in [-0.3, -0.25) is 14.5 Å². The summed E-state index contributed by atoms with van der Waals surface area (Å²) in [5.74, 6) is -0.681. The first-order valence-corrected chi connectivity index (χ1v) is 16.0. The first-order valence-electron chi connectivity index (χ1n) is 14.2.